The van der Waals surface area contributed by atoms with Crippen LogP contribution in [0.25, 0.3) is 0 Å². The van der Waals surface area contributed by atoms with Crippen molar-refractivity contribution >= 4 is 0 Å². The number of halogens is 2. The summed E-state index contributed by atoms with van der Waals surface area (Å²) in [6, 6.07) is 2.89. The molecule has 0 aliphatic carbocycles. The van der Waals surface area contributed by atoms with Gasteiger partial charge in [-0.3, -0.25) is 0 Å². The molecule has 0 aromatic heterocycles. The molecule has 1 aromatic carbocycles. The predicted molar refractivity (Wildman–Crippen MR) is 54.4 cm³/mol. The molecule has 0 saturated heterocycles. The zero-order chi connectivity index (χ0) is 10.7. The van der Waals surface area contributed by atoms with Gasteiger partial charge in [0.1, 0.15) is 11.6 Å². The Kier molecular flexibility index (Phi) is 3.62. The average Bonchev–Trinajstić information content (AvgIpc) is 2.01. The van der Waals surface area contributed by atoms with E-state index in [1.54, 1.807) is 13.8 Å². The quantitative estimate of drug-likeness (QED) is 0.687. The fraction of sp³-hybridized carbons (Fsp3) is 0.500. The molecule has 0 aliphatic heterocycles. The molecule has 0 unspecified atom stereocenters. The first kappa shape index (κ1) is 11.2. The highest BCUT2D eigenvalue weighted by Gasteiger charge is 2.13. The minimum atomic E-state index is -0.413. The molecule has 14 heavy (non-hydrogen) atoms. The normalized spacial score (nSPS) is 11.0. The molecule has 0 radical (unpaired) electrons. The van der Waals surface area contributed by atoms with Crippen molar-refractivity contribution in [1.29, 1.82) is 0 Å². The van der Waals surface area contributed by atoms with E-state index >= 15 is 0 Å². The smallest absolute Gasteiger partial charge is 0.129 e. The van der Waals surface area contributed by atoms with Crippen LogP contribution in [0, 0.1) is 11.6 Å². The molecule has 0 bridgehead atoms. The number of hydrogen-bond donors (Lipinski definition) is 0. The summed E-state index contributed by atoms with van der Waals surface area (Å²) in [5.74, 6) is -0.933. The molecular formula is C12H16F2. The summed E-state index contributed by atoms with van der Waals surface area (Å²) >= 11 is 0. The topological polar surface area (TPSA) is 0 Å². The van der Waals surface area contributed by atoms with Gasteiger partial charge in [-0.25, -0.2) is 8.78 Å². The van der Waals surface area contributed by atoms with Crippen LogP contribution in [-0.2, 0) is 6.42 Å². The van der Waals surface area contributed by atoms with Crippen molar-refractivity contribution in [1.82, 2.24) is 0 Å². The molecule has 0 nitrogen and oxygen atoms in total. The molecule has 1 rings (SSSR count). The zero-order valence-electron chi connectivity index (χ0n) is 8.90. The van der Waals surface area contributed by atoms with Crippen LogP contribution in [0.15, 0.2) is 12.1 Å². The van der Waals surface area contributed by atoms with Gasteiger partial charge in [-0.15, -0.1) is 0 Å². The maximum absolute atomic E-state index is 13.4. The molecule has 0 heterocycles. The van der Waals surface area contributed by atoms with Gasteiger partial charge in [-0.2, -0.15) is 0 Å². The molecule has 0 saturated carbocycles. The van der Waals surface area contributed by atoms with E-state index in [0.29, 0.717) is 0 Å². The Morgan fingerprint density at radius 1 is 1.14 bits per heavy atom. The second-order valence-electron chi connectivity index (χ2n) is 3.88. The van der Waals surface area contributed by atoms with E-state index in [-0.39, 0.29) is 11.5 Å². The third kappa shape index (κ3) is 2.31. The lowest BCUT2D eigenvalue weighted by atomic mass is 9.99. The Labute approximate surface area is 84.0 Å². The van der Waals surface area contributed by atoms with Gasteiger partial charge in [0, 0.05) is 5.56 Å². The van der Waals surface area contributed by atoms with Gasteiger partial charge in [0.15, 0.2) is 0 Å². The van der Waals surface area contributed by atoms with Crippen molar-refractivity contribution in [2.75, 3.05) is 0 Å². The second-order valence-corrected chi connectivity index (χ2v) is 3.88. The Hall–Kier alpha value is -0.920. The number of aryl methyl sites for hydroxylation is 1. The predicted octanol–water partition coefficient (Wildman–Crippen LogP) is 4.04. The highest BCUT2D eigenvalue weighted by molar-refractivity contribution is 5.28. The van der Waals surface area contributed by atoms with E-state index < -0.39 is 11.6 Å². The third-order valence-electron chi connectivity index (χ3n) is 2.25. The van der Waals surface area contributed by atoms with Crippen LogP contribution in [0.4, 0.5) is 8.78 Å². The molecule has 2 heteroatoms. The molecular weight excluding hydrogens is 182 g/mol. The van der Waals surface area contributed by atoms with Crippen LogP contribution in [0.5, 0.6) is 0 Å². The Morgan fingerprint density at radius 3 is 2.00 bits per heavy atom. The number of benzene rings is 1. The van der Waals surface area contributed by atoms with Gasteiger partial charge >= 0.3 is 0 Å². The zero-order valence-corrected chi connectivity index (χ0v) is 8.90. The maximum atomic E-state index is 13.4. The van der Waals surface area contributed by atoms with Crippen LogP contribution in [-0.4, -0.2) is 0 Å². The average molecular weight is 198 g/mol. The summed E-state index contributed by atoms with van der Waals surface area (Å²) in [6.07, 6.45) is 1.63. The summed E-state index contributed by atoms with van der Waals surface area (Å²) < 4.78 is 26.9. The molecule has 0 amide bonds. The third-order valence-corrected chi connectivity index (χ3v) is 2.25. The van der Waals surface area contributed by atoms with Crippen molar-refractivity contribution in [2.45, 2.75) is 39.5 Å². The van der Waals surface area contributed by atoms with E-state index in [2.05, 4.69) is 0 Å². The van der Waals surface area contributed by atoms with Gasteiger partial charge in [-0.05, 0) is 30.0 Å². The molecule has 1 aromatic rings. The van der Waals surface area contributed by atoms with E-state index in [1.807, 2.05) is 6.92 Å². The molecule has 0 atom stereocenters. The fourth-order valence-electron chi connectivity index (χ4n) is 1.62. The van der Waals surface area contributed by atoms with Gasteiger partial charge < -0.3 is 0 Å². The first-order valence-corrected chi connectivity index (χ1v) is 5.04. The van der Waals surface area contributed by atoms with Gasteiger partial charge in [0.25, 0.3) is 0 Å². The lowest BCUT2D eigenvalue weighted by Crippen LogP contribution is -2.00. The van der Waals surface area contributed by atoms with E-state index in [9.17, 15) is 8.78 Å². The Balaban J connectivity index is 3.11. The van der Waals surface area contributed by atoms with Crippen molar-refractivity contribution in [3.8, 4) is 0 Å². The van der Waals surface area contributed by atoms with Crippen molar-refractivity contribution < 1.29 is 8.78 Å². The lowest BCUT2D eigenvalue weighted by molar-refractivity contribution is 0.538. The Bertz CT molecular complexity index is 293. The molecule has 0 aliphatic rings. The number of hydrogen-bond acceptors (Lipinski definition) is 0. The highest BCUT2D eigenvalue weighted by Crippen LogP contribution is 2.23. The standard InChI is InChI=1S/C12H16F2/c1-4-5-9-6-10(13)12(8(2)3)11(14)7-9/h6-8H,4-5H2,1-3H3. The minimum absolute atomic E-state index is 0.106. The largest absolute Gasteiger partial charge is 0.207 e. The van der Waals surface area contributed by atoms with Crippen LogP contribution >= 0.6 is 0 Å². The van der Waals surface area contributed by atoms with Crippen molar-refractivity contribution in [3.63, 3.8) is 0 Å². The molecule has 0 fully saturated rings. The van der Waals surface area contributed by atoms with Gasteiger partial charge in [-0.1, -0.05) is 27.2 Å². The van der Waals surface area contributed by atoms with Crippen LogP contribution in [0.2, 0.25) is 0 Å². The summed E-state index contributed by atoms with van der Waals surface area (Å²) in [6.45, 7) is 5.58. The van der Waals surface area contributed by atoms with Crippen LogP contribution < -0.4 is 0 Å². The van der Waals surface area contributed by atoms with Gasteiger partial charge in [0.2, 0.25) is 0 Å². The van der Waals surface area contributed by atoms with Crippen molar-refractivity contribution in [3.05, 3.63) is 34.9 Å². The first-order chi connectivity index (χ1) is 6.56. The molecule has 0 N–H and O–H groups in total. The first-order valence-electron chi connectivity index (χ1n) is 5.04. The van der Waals surface area contributed by atoms with E-state index in [1.165, 1.54) is 12.1 Å². The molecule has 0 spiro atoms. The van der Waals surface area contributed by atoms with Crippen LogP contribution in [0.1, 0.15) is 44.2 Å². The highest BCUT2D eigenvalue weighted by atomic mass is 19.1. The van der Waals surface area contributed by atoms with Crippen LogP contribution in [0.3, 0.4) is 0 Å². The monoisotopic (exact) mass is 198 g/mol. The SMILES string of the molecule is CCCc1cc(F)c(C(C)C)c(F)c1. The maximum Gasteiger partial charge on any atom is 0.129 e. The summed E-state index contributed by atoms with van der Waals surface area (Å²) in [7, 11) is 0. The van der Waals surface area contributed by atoms with Crippen molar-refractivity contribution in [2.24, 2.45) is 0 Å². The Morgan fingerprint density at radius 2 is 1.64 bits per heavy atom. The lowest BCUT2D eigenvalue weighted by Gasteiger charge is -2.10. The fourth-order valence-corrected chi connectivity index (χ4v) is 1.62. The number of rotatable bonds is 3. The summed E-state index contributed by atoms with van der Waals surface area (Å²) in [4.78, 5) is 0. The second kappa shape index (κ2) is 4.54. The van der Waals surface area contributed by atoms with E-state index in [0.717, 1.165) is 18.4 Å². The minimum Gasteiger partial charge on any atom is -0.207 e. The molecule has 78 valence electrons. The summed E-state index contributed by atoms with van der Waals surface area (Å²) in [5.41, 5.74) is 0.941. The van der Waals surface area contributed by atoms with Gasteiger partial charge in [0.05, 0.1) is 0 Å². The van der Waals surface area contributed by atoms with E-state index in [4.69, 9.17) is 0 Å². The summed E-state index contributed by atoms with van der Waals surface area (Å²) in [5, 5.41) is 0.